The Bertz CT molecular complexity index is 914. The van der Waals surface area contributed by atoms with Crippen LogP contribution in [-0.2, 0) is 4.79 Å². The number of amides is 1. The number of benzene rings is 2. The van der Waals surface area contributed by atoms with Crippen LogP contribution >= 0.6 is 23.4 Å². The van der Waals surface area contributed by atoms with E-state index in [0.717, 1.165) is 11.1 Å². The predicted molar refractivity (Wildman–Crippen MR) is 105 cm³/mol. The average molecular weight is 405 g/mol. The molecule has 27 heavy (non-hydrogen) atoms. The lowest BCUT2D eigenvalue weighted by Crippen LogP contribution is -2.33. The van der Waals surface area contributed by atoms with Crippen molar-refractivity contribution in [1.29, 1.82) is 0 Å². The van der Waals surface area contributed by atoms with Gasteiger partial charge in [-0.15, -0.1) is 5.10 Å². The second-order valence-electron chi connectivity index (χ2n) is 6.02. The van der Waals surface area contributed by atoms with E-state index in [1.54, 1.807) is 31.2 Å². The minimum atomic E-state index is -0.387. The number of rotatable bonds is 6. The molecule has 1 aromatic heterocycles. The molecule has 0 fully saturated rings. The lowest BCUT2D eigenvalue weighted by atomic mass is 10.1. The molecule has 1 amide bonds. The van der Waals surface area contributed by atoms with Gasteiger partial charge < -0.3 is 5.32 Å². The fourth-order valence-electron chi connectivity index (χ4n) is 2.41. The minimum absolute atomic E-state index is 0.144. The van der Waals surface area contributed by atoms with Gasteiger partial charge in [0.05, 0.1) is 11.3 Å². The Kier molecular flexibility index (Phi) is 6.13. The van der Waals surface area contributed by atoms with Crippen molar-refractivity contribution in [2.45, 2.75) is 30.3 Å². The van der Waals surface area contributed by atoms with Gasteiger partial charge in [-0.25, -0.2) is 9.37 Å². The van der Waals surface area contributed by atoms with Gasteiger partial charge in [-0.1, -0.05) is 35.5 Å². The summed E-state index contributed by atoms with van der Waals surface area (Å²) in [6.07, 6.45) is 0. The molecule has 5 nitrogen and oxygen atoms in total. The molecule has 3 aromatic rings. The van der Waals surface area contributed by atoms with Crippen molar-refractivity contribution >= 4 is 29.3 Å². The van der Waals surface area contributed by atoms with Crippen molar-refractivity contribution in [3.8, 4) is 11.4 Å². The summed E-state index contributed by atoms with van der Waals surface area (Å²) in [6, 6.07) is 13.1. The number of hydrogen-bond donors (Lipinski definition) is 2. The first kappa shape index (κ1) is 19.4. The lowest BCUT2D eigenvalue weighted by molar-refractivity contribution is -0.120. The Hall–Kier alpha value is -2.38. The predicted octanol–water partition coefficient (Wildman–Crippen LogP) is 4.62. The number of carbonyl (C=O) groups excluding carboxylic acids is 1. The van der Waals surface area contributed by atoms with Gasteiger partial charge in [0, 0.05) is 10.6 Å². The van der Waals surface area contributed by atoms with Crippen LogP contribution in [0.5, 0.6) is 0 Å². The lowest BCUT2D eigenvalue weighted by Gasteiger charge is -2.17. The van der Waals surface area contributed by atoms with Crippen molar-refractivity contribution in [2.75, 3.05) is 0 Å². The van der Waals surface area contributed by atoms with Crippen LogP contribution in [0.3, 0.4) is 0 Å². The number of aromatic nitrogens is 3. The molecule has 0 spiro atoms. The fraction of sp³-hybridized carbons (Fsp3) is 0.211. The molecule has 2 unspecified atom stereocenters. The van der Waals surface area contributed by atoms with E-state index in [4.69, 9.17) is 11.6 Å². The zero-order valence-electron chi connectivity index (χ0n) is 14.7. The van der Waals surface area contributed by atoms with E-state index in [-0.39, 0.29) is 23.0 Å². The van der Waals surface area contributed by atoms with Gasteiger partial charge in [-0.2, -0.15) is 0 Å². The van der Waals surface area contributed by atoms with Crippen LogP contribution in [-0.4, -0.2) is 26.3 Å². The van der Waals surface area contributed by atoms with Crippen molar-refractivity contribution in [3.63, 3.8) is 0 Å². The number of H-pyrrole nitrogens is 1. The van der Waals surface area contributed by atoms with E-state index in [2.05, 4.69) is 20.5 Å². The van der Waals surface area contributed by atoms with Crippen molar-refractivity contribution in [3.05, 3.63) is 64.9 Å². The van der Waals surface area contributed by atoms with E-state index in [1.165, 1.54) is 23.9 Å². The van der Waals surface area contributed by atoms with Gasteiger partial charge in [0.1, 0.15) is 5.82 Å². The first-order valence-corrected chi connectivity index (χ1v) is 9.59. The Morgan fingerprint density at radius 1 is 1.15 bits per heavy atom. The Morgan fingerprint density at radius 3 is 2.48 bits per heavy atom. The molecule has 0 aliphatic carbocycles. The molecule has 140 valence electrons. The second kappa shape index (κ2) is 8.54. The highest BCUT2D eigenvalue weighted by atomic mass is 35.5. The monoisotopic (exact) mass is 404 g/mol. The SMILES string of the molecule is CC(Sc1n[nH]c(-c2ccc(Cl)cc2)n1)C(=O)NC(C)c1ccc(F)cc1. The van der Waals surface area contributed by atoms with Gasteiger partial charge in [-0.3, -0.25) is 9.89 Å². The third-order valence-corrected chi connectivity index (χ3v) is 5.18. The van der Waals surface area contributed by atoms with Gasteiger partial charge in [-0.05, 0) is 55.8 Å². The van der Waals surface area contributed by atoms with Gasteiger partial charge in [0.25, 0.3) is 0 Å². The highest BCUT2D eigenvalue weighted by molar-refractivity contribution is 8.00. The van der Waals surface area contributed by atoms with Crippen LogP contribution in [0.1, 0.15) is 25.5 Å². The fourth-order valence-corrected chi connectivity index (χ4v) is 3.27. The molecule has 8 heteroatoms. The maximum absolute atomic E-state index is 13.0. The molecule has 2 N–H and O–H groups in total. The zero-order chi connectivity index (χ0) is 19.4. The molecular formula is C19H18ClFN4OS. The van der Waals surface area contributed by atoms with Crippen LogP contribution in [0.4, 0.5) is 4.39 Å². The zero-order valence-corrected chi connectivity index (χ0v) is 16.3. The summed E-state index contributed by atoms with van der Waals surface area (Å²) in [6.45, 7) is 3.64. The molecule has 0 bridgehead atoms. The third kappa shape index (κ3) is 5.08. The Morgan fingerprint density at radius 2 is 1.81 bits per heavy atom. The number of thioether (sulfide) groups is 1. The topological polar surface area (TPSA) is 70.7 Å². The van der Waals surface area contributed by atoms with E-state index >= 15 is 0 Å². The highest BCUT2D eigenvalue weighted by Crippen LogP contribution is 2.24. The number of nitrogens with one attached hydrogen (secondary N) is 2. The summed E-state index contributed by atoms with van der Waals surface area (Å²) < 4.78 is 13.0. The standard InChI is InChI=1S/C19H18ClFN4OS/c1-11(13-5-9-16(21)10-6-13)22-18(26)12(2)27-19-23-17(24-25-19)14-3-7-15(20)8-4-14/h3-12H,1-2H3,(H,22,26)(H,23,24,25). The highest BCUT2D eigenvalue weighted by Gasteiger charge is 2.19. The summed E-state index contributed by atoms with van der Waals surface area (Å²) in [5, 5.41) is 10.7. The molecule has 0 saturated carbocycles. The summed E-state index contributed by atoms with van der Waals surface area (Å²) in [5.74, 6) is 0.165. The van der Waals surface area contributed by atoms with Crippen LogP contribution in [0.15, 0.2) is 53.7 Å². The minimum Gasteiger partial charge on any atom is -0.349 e. The Labute approximate surface area is 165 Å². The first-order chi connectivity index (χ1) is 12.9. The van der Waals surface area contributed by atoms with Gasteiger partial charge in [0.2, 0.25) is 11.1 Å². The van der Waals surface area contributed by atoms with Crippen LogP contribution < -0.4 is 5.32 Å². The van der Waals surface area contributed by atoms with Crippen LogP contribution in [0.25, 0.3) is 11.4 Å². The van der Waals surface area contributed by atoms with E-state index in [0.29, 0.717) is 16.0 Å². The molecule has 2 atom stereocenters. The molecule has 0 aliphatic heterocycles. The van der Waals surface area contributed by atoms with Crippen molar-refractivity contribution in [1.82, 2.24) is 20.5 Å². The molecule has 1 heterocycles. The molecular weight excluding hydrogens is 387 g/mol. The average Bonchev–Trinajstić information content (AvgIpc) is 3.11. The maximum atomic E-state index is 13.0. The van der Waals surface area contributed by atoms with Crippen LogP contribution in [0.2, 0.25) is 5.02 Å². The first-order valence-electron chi connectivity index (χ1n) is 8.33. The summed E-state index contributed by atoms with van der Waals surface area (Å²) >= 11 is 7.15. The summed E-state index contributed by atoms with van der Waals surface area (Å²) in [7, 11) is 0. The van der Waals surface area contributed by atoms with Crippen molar-refractivity contribution in [2.24, 2.45) is 0 Å². The smallest absolute Gasteiger partial charge is 0.233 e. The number of halogens is 2. The van der Waals surface area contributed by atoms with Gasteiger partial charge in [0.15, 0.2) is 5.82 Å². The maximum Gasteiger partial charge on any atom is 0.233 e. The molecule has 0 saturated heterocycles. The van der Waals surface area contributed by atoms with Gasteiger partial charge >= 0.3 is 0 Å². The van der Waals surface area contributed by atoms with E-state index in [1.807, 2.05) is 19.1 Å². The largest absolute Gasteiger partial charge is 0.349 e. The molecule has 0 aliphatic rings. The second-order valence-corrected chi connectivity index (χ2v) is 7.76. The molecule has 3 rings (SSSR count). The van der Waals surface area contributed by atoms with Crippen molar-refractivity contribution < 1.29 is 9.18 Å². The number of aromatic amines is 1. The van der Waals surface area contributed by atoms with E-state index in [9.17, 15) is 9.18 Å². The quantitative estimate of drug-likeness (QED) is 0.588. The van der Waals surface area contributed by atoms with Crippen LogP contribution in [0, 0.1) is 5.82 Å². The molecule has 0 radical (unpaired) electrons. The number of hydrogen-bond acceptors (Lipinski definition) is 4. The summed E-state index contributed by atoms with van der Waals surface area (Å²) in [5.41, 5.74) is 1.70. The normalized spacial score (nSPS) is 13.2. The number of carbonyl (C=O) groups is 1. The number of nitrogens with zero attached hydrogens (tertiary/aromatic N) is 2. The molecule has 2 aromatic carbocycles. The summed E-state index contributed by atoms with van der Waals surface area (Å²) in [4.78, 5) is 16.8. The third-order valence-electron chi connectivity index (χ3n) is 3.96. The Balaban J connectivity index is 1.59. The van der Waals surface area contributed by atoms with E-state index < -0.39 is 0 Å².